The SMILES string of the molecule is CC(=O)N1CCN(S(=O)(=O)c2ccc(N)cc2)CC1. The van der Waals surface area contributed by atoms with Gasteiger partial charge in [0.1, 0.15) is 0 Å². The van der Waals surface area contributed by atoms with E-state index < -0.39 is 10.0 Å². The molecule has 0 aromatic heterocycles. The number of sulfonamides is 1. The highest BCUT2D eigenvalue weighted by Crippen LogP contribution is 2.18. The number of hydrogen-bond acceptors (Lipinski definition) is 4. The van der Waals surface area contributed by atoms with E-state index in [-0.39, 0.29) is 10.8 Å². The fourth-order valence-electron chi connectivity index (χ4n) is 2.03. The zero-order valence-electron chi connectivity index (χ0n) is 10.7. The summed E-state index contributed by atoms with van der Waals surface area (Å²) in [5, 5.41) is 0. The van der Waals surface area contributed by atoms with Crippen molar-refractivity contribution in [2.45, 2.75) is 11.8 Å². The van der Waals surface area contributed by atoms with Crippen molar-refractivity contribution in [3.05, 3.63) is 24.3 Å². The van der Waals surface area contributed by atoms with Crippen molar-refractivity contribution < 1.29 is 13.2 Å². The topological polar surface area (TPSA) is 83.7 Å². The number of nitrogens with two attached hydrogens (primary N) is 1. The molecule has 0 bridgehead atoms. The lowest BCUT2D eigenvalue weighted by molar-refractivity contribution is -0.129. The molecule has 1 aliphatic heterocycles. The first-order valence-corrected chi connectivity index (χ1v) is 7.46. The minimum absolute atomic E-state index is 0.0236. The zero-order valence-corrected chi connectivity index (χ0v) is 11.6. The molecule has 0 unspecified atom stereocenters. The van der Waals surface area contributed by atoms with Gasteiger partial charge in [0.15, 0.2) is 0 Å². The molecule has 0 saturated carbocycles. The Hall–Kier alpha value is -1.60. The summed E-state index contributed by atoms with van der Waals surface area (Å²) in [6, 6.07) is 6.14. The summed E-state index contributed by atoms with van der Waals surface area (Å²) in [5.41, 5.74) is 6.08. The number of amides is 1. The van der Waals surface area contributed by atoms with Crippen LogP contribution in [0.3, 0.4) is 0 Å². The molecule has 1 amide bonds. The third-order valence-corrected chi connectivity index (χ3v) is 5.11. The van der Waals surface area contributed by atoms with Crippen molar-refractivity contribution in [2.24, 2.45) is 0 Å². The second-order valence-corrected chi connectivity index (χ2v) is 6.42. The van der Waals surface area contributed by atoms with Gasteiger partial charge in [-0.3, -0.25) is 4.79 Å². The van der Waals surface area contributed by atoms with Crippen LogP contribution in [-0.2, 0) is 14.8 Å². The first kappa shape index (κ1) is 13.8. The molecule has 1 aromatic carbocycles. The molecule has 19 heavy (non-hydrogen) atoms. The molecule has 1 saturated heterocycles. The lowest BCUT2D eigenvalue weighted by atomic mass is 10.3. The highest BCUT2D eigenvalue weighted by atomic mass is 32.2. The van der Waals surface area contributed by atoms with E-state index in [1.165, 1.54) is 23.4 Å². The maximum absolute atomic E-state index is 12.4. The van der Waals surface area contributed by atoms with Gasteiger partial charge in [-0.2, -0.15) is 4.31 Å². The third kappa shape index (κ3) is 2.87. The van der Waals surface area contributed by atoms with Crippen LogP contribution < -0.4 is 5.73 Å². The Morgan fingerprint density at radius 1 is 1.11 bits per heavy atom. The maximum atomic E-state index is 12.4. The second-order valence-electron chi connectivity index (χ2n) is 4.48. The van der Waals surface area contributed by atoms with Gasteiger partial charge in [-0.1, -0.05) is 0 Å². The van der Waals surface area contributed by atoms with Crippen LogP contribution in [0, 0.1) is 0 Å². The van der Waals surface area contributed by atoms with Gasteiger partial charge in [0.25, 0.3) is 0 Å². The van der Waals surface area contributed by atoms with Gasteiger partial charge in [-0.15, -0.1) is 0 Å². The summed E-state index contributed by atoms with van der Waals surface area (Å²) in [6.45, 7) is 3.01. The number of rotatable bonds is 2. The van der Waals surface area contributed by atoms with Crippen molar-refractivity contribution in [1.29, 1.82) is 0 Å². The number of piperazine rings is 1. The number of hydrogen-bond donors (Lipinski definition) is 1. The summed E-state index contributed by atoms with van der Waals surface area (Å²) >= 11 is 0. The van der Waals surface area contributed by atoms with Crippen LogP contribution in [0.1, 0.15) is 6.92 Å². The molecule has 0 spiro atoms. The molecule has 104 valence electrons. The standard InChI is InChI=1S/C12H17N3O3S/c1-10(16)14-6-8-15(9-7-14)19(17,18)12-4-2-11(13)3-5-12/h2-5H,6-9,13H2,1H3. The Bertz CT molecular complexity index is 560. The molecular formula is C12H17N3O3S. The van der Waals surface area contributed by atoms with E-state index in [0.29, 0.717) is 31.9 Å². The van der Waals surface area contributed by atoms with Crippen LogP contribution in [0.15, 0.2) is 29.2 Å². The van der Waals surface area contributed by atoms with E-state index in [1.807, 2.05) is 0 Å². The van der Waals surface area contributed by atoms with Crippen molar-refractivity contribution in [3.8, 4) is 0 Å². The Morgan fingerprint density at radius 2 is 1.63 bits per heavy atom. The third-order valence-electron chi connectivity index (χ3n) is 3.20. The van der Waals surface area contributed by atoms with Crippen LogP contribution in [-0.4, -0.2) is 49.7 Å². The fraction of sp³-hybridized carbons (Fsp3) is 0.417. The molecule has 1 aliphatic rings. The Morgan fingerprint density at radius 3 is 2.11 bits per heavy atom. The van der Waals surface area contributed by atoms with Gasteiger partial charge in [-0.25, -0.2) is 8.42 Å². The normalized spacial score (nSPS) is 17.4. The van der Waals surface area contributed by atoms with E-state index in [1.54, 1.807) is 17.0 Å². The number of benzene rings is 1. The lowest BCUT2D eigenvalue weighted by Crippen LogP contribution is -2.49. The number of carbonyl (C=O) groups is 1. The largest absolute Gasteiger partial charge is 0.399 e. The van der Waals surface area contributed by atoms with Crippen molar-refractivity contribution >= 4 is 21.6 Å². The molecule has 1 heterocycles. The summed E-state index contributed by atoms with van der Waals surface area (Å²) in [5.74, 6) is -0.0236. The highest BCUT2D eigenvalue weighted by molar-refractivity contribution is 7.89. The summed E-state index contributed by atoms with van der Waals surface area (Å²) < 4.78 is 26.1. The van der Waals surface area contributed by atoms with E-state index in [9.17, 15) is 13.2 Å². The van der Waals surface area contributed by atoms with Crippen LogP contribution in [0.5, 0.6) is 0 Å². The van der Waals surface area contributed by atoms with Crippen LogP contribution >= 0.6 is 0 Å². The highest BCUT2D eigenvalue weighted by Gasteiger charge is 2.28. The van der Waals surface area contributed by atoms with E-state index in [0.717, 1.165) is 0 Å². The average molecular weight is 283 g/mol. The quantitative estimate of drug-likeness (QED) is 0.782. The van der Waals surface area contributed by atoms with Crippen LogP contribution in [0.25, 0.3) is 0 Å². The molecule has 0 atom stereocenters. The first-order chi connectivity index (χ1) is 8.91. The zero-order chi connectivity index (χ0) is 14.0. The second kappa shape index (κ2) is 5.18. The van der Waals surface area contributed by atoms with E-state index in [2.05, 4.69) is 0 Å². The summed E-state index contributed by atoms with van der Waals surface area (Å²) in [4.78, 5) is 13.1. The smallest absolute Gasteiger partial charge is 0.243 e. The van der Waals surface area contributed by atoms with Gasteiger partial charge in [0, 0.05) is 38.8 Å². The van der Waals surface area contributed by atoms with Gasteiger partial charge in [-0.05, 0) is 24.3 Å². The Kier molecular flexibility index (Phi) is 3.77. The molecule has 2 N–H and O–H groups in total. The monoisotopic (exact) mass is 283 g/mol. The molecule has 0 radical (unpaired) electrons. The Labute approximate surface area is 112 Å². The first-order valence-electron chi connectivity index (χ1n) is 6.02. The average Bonchev–Trinajstić information content (AvgIpc) is 2.39. The number of nitrogens with zero attached hydrogens (tertiary/aromatic N) is 2. The number of anilines is 1. The molecule has 1 fully saturated rings. The van der Waals surface area contributed by atoms with E-state index in [4.69, 9.17) is 5.73 Å². The molecule has 2 rings (SSSR count). The van der Waals surface area contributed by atoms with Crippen molar-refractivity contribution in [3.63, 3.8) is 0 Å². The predicted molar refractivity (Wildman–Crippen MR) is 71.9 cm³/mol. The van der Waals surface area contributed by atoms with Crippen molar-refractivity contribution in [2.75, 3.05) is 31.9 Å². The summed E-state index contributed by atoms with van der Waals surface area (Å²) in [6.07, 6.45) is 0. The minimum Gasteiger partial charge on any atom is -0.399 e. The number of carbonyl (C=O) groups excluding carboxylic acids is 1. The van der Waals surface area contributed by atoms with Crippen LogP contribution in [0.4, 0.5) is 5.69 Å². The fourth-order valence-corrected chi connectivity index (χ4v) is 3.45. The predicted octanol–water partition coefficient (Wildman–Crippen LogP) is 0.122. The van der Waals surface area contributed by atoms with Gasteiger partial charge in [0.2, 0.25) is 15.9 Å². The lowest BCUT2D eigenvalue weighted by Gasteiger charge is -2.33. The van der Waals surface area contributed by atoms with Gasteiger partial charge < -0.3 is 10.6 Å². The van der Waals surface area contributed by atoms with Gasteiger partial charge in [0.05, 0.1) is 4.90 Å². The Balaban J connectivity index is 2.14. The molecule has 0 aliphatic carbocycles. The molecular weight excluding hydrogens is 266 g/mol. The van der Waals surface area contributed by atoms with Crippen molar-refractivity contribution in [1.82, 2.24) is 9.21 Å². The van der Waals surface area contributed by atoms with E-state index >= 15 is 0 Å². The van der Waals surface area contributed by atoms with Crippen LogP contribution in [0.2, 0.25) is 0 Å². The minimum atomic E-state index is -3.49. The summed E-state index contributed by atoms with van der Waals surface area (Å²) in [7, 11) is -3.49. The number of nitrogen functional groups attached to an aromatic ring is 1. The van der Waals surface area contributed by atoms with Gasteiger partial charge >= 0.3 is 0 Å². The molecule has 1 aromatic rings. The molecule has 6 nitrogen and oxygen atoms in total. The molecule has 7 heteroatoms. The maximum Gasteiger partial charge on any atom is 0.243 e.